The average molecular weight is 348 g/mol. The number of aliphatic carboxylic acids is 1. The van der Waals surface area contributed by atoms with E-state index in [2.05, 4.69) is 20.2 Å². The van der Waals surface area contributed by atoms with Crippen LogP contribution >= 0.6 is 7.82 Å². The Labute approximate surface area is 129 Å². The van der Waals surface area contributed by atoms with Gasteiger partial charge in [-0.05, 0) is 0 Å². The maximum absolute atomic E-state index is 10.7. The fourth-order valence-corrected chi connectivity index (χ4v) is 0.971. The number of phosphoric acid groups is 1. The lowest BCUT2D eigenvalue weighted by Crippen LogP contribution is -2.37. The first-order valence-corrected chi connectivity index (χ1v) is 7.22. The molecule has 0 aromatic carbocycles. The number of hydrogen-bond donors (Lipinski definition) is 5. The molecule has 0 rings (SSSR count). The Balaban J connectivity index is -0.000000257. The van der Waals surface area contributed by atoms with E-state index in [0.717, 1.165) is 6.08 Å². The zero-order valence-electron chi connectivity index (χ0n) is 12.8. The van der Waals surface area contributed by atoms with Gasteiger partial charge in [-0.3, -0.25) is 13.6 Å². The Kier molecular flexibility index (Phi) is 17.9. The molecule has 0 aromatic heterocycles. The molecule has 0 heterocycles. The molecule has 0 aliphatic heterocycles. The normalized spacial score (nSPS) is 10.7. The molecule has 0 aromatic rings. The van der Waals surface area contributed by atoms with Crippen molar-refractivity contribution < 1.29 is 48.5 Å². The van der Waals surface area contributed by atoms with Crippen LogP contribution in [0.5, 0.6) is 0 Å². The van der Waals surface area contributed by atoms with Gasteiger partial charge in [-0.25, -0.2) is 9.36 Å². The fourth-order valence-electron chi connectivity index (χ4n) is 0.524. The lowest BCUT2D eigenvalue weighted by molar-refractivity contribution is -0.131. The Morgan fingerprint density at radius 3 is 1.23 bits per heavy atom. The highest BCUT2D eigenvalue weighted by molar-refractivity contribution is 7.48. The number of aliphatic hydroxyl groups is 4. The smallest absolute Gasteiger partial charge is 0.473 e. The minimum Gasteiger partial charge on any atom is -0.478 e. The number of carboxylic acid groups (broad SMARTS) is 1. The highest BCUT2D eigenvalue weighted by atomic mass is 31.2. The van der Waals surface area contributed by atoms with Crippen LogP contribution in [0.25, 0.3) is 0 Å². The van der Waals surface area contributed by atoms with Crippen LogP contribution in [0.4, 0.5) is 0 Å². The molecule has 0 saturated carbocycles. The number of rotatable bonds is 8. The molecule has 0 radical (unpaired) electrons. The summed E-state index contributed by atoms with van der Waals surface area (Å²) >= 11 is 0. The van der Waals surface area contributed by atoms with E-state index >= 15 is 0 Å². The molecule has 10 nitrogen and oxygen atoms in total. The number of hydrogen-bond acceptors (Lipinski definition) is 9. The van der Waals surface area contributed by atoms with Crippen molar-refractivity contribution in [2.45, 2.75) is 0 Å². The van der Waals surface area contributed by atoms with E-state index in [1.165, 1.54) is 21.3 Å². The van der Waals surface area contributed by atoms with Gasteiger partial charge in [0.05, 0.1) is 31.8 Å². The lowest BCUT2D eigenvalue weighted by Gasteiger charge is -2.23. The van der Waals surface area contributed by atoms with E-state index in [0.29, 0.717) is 0 Å². The minimum atomic E-state index is -3.16. The van der Waals surface area contributed by atoms with Crippen LogP contribution in [0.1, 0.15) is 0 Å². The quantitative estimate of drug-likeness (QED) is 0.278. The highest BCUT2D eigenvalue weighted by Crippen LogP contribution is 2.46. The SMILES string of the molecule is C=CC(=O)O.COP(=O)(OC)OC.OCC(CO)(CO)CO. The van der Waals surface area contributed by atoms with E-state index in [4.69, 9.17) is 25.5 Å². The Morgan fingerprint density at radius 1 is 1.00 bits per heavy atom. The van der Waals surface area contributed by atoms with Crippen LogP contribution < -0.4 is 0 Å². The molecule has 0 amide bonds. The van der Waals surface area contributed by atoms with Crippen LogP contribution in [0.3, 0.4) is 0 Å². The third-order valence-corrected chi connectivity index (χ3v) is 3.53. The van der Waals surface area contributed by atoms with Crippen molar-refractivity contribution in [1.82, 2.24) is 0 Å². The van der Waals surface area contributed by atoms with Crippen molar-refractivity contribution in [2.24, 2.45) is 5.41 Å². The van der Waals surface area contributed by atoms with Crippen LogP contribution in [0, 0.1) is 5.41 Å². The van der Waals surface area contributed by atoms with Gasteiger partial charge in [0, 0.05) is 27.4 Å². The van der Waals surface area contributed by atoms with Crippen LogP contribution in [0.15, 0.2) is 12.7 Å². The van der Waals surface area contributed by atoms with Crippen molar-refractivity contribution in [3.05, 3.63) is 12.7 Å². The molecular weight excluding hydrogens is 323 g/mol. The first-order valence-electron chi connectivity index (χ1n) is 5.76. The number of phosphoric ester groups is 1. The molecule has 0 aliphatic rings. The number of aliphatic hydroxyl groups excluding tert-OH is 4. The van der Waals surface area contributed by atoms with Gasteiger partial charge in [0.1, 0.15) is 0 Å². The summed E-state index contributed by atoms with van der Waals surface area (Å²) in [6, 6.07) is 0. The van der Waals surface area contributed by atoms with Gasteiger partial charge in [0.2, 0.25) is 0 Å². The third-order valence-electron chi connectivity index (χ3n) is 2.19. The first-order chi connectivity index (χ1) is 10.2. The molecule has 11 heteroatoms. The van der Waals surface area contributed by atoms with Crippen molar-refractivity contribution in [1.29, 1.82) is 0 Å². The molecule has 5 N–H and O–H groups in total. The summed E-state index contributed by atoms with van der Waals surface area (Å²) in [6.07, 6.45) is 0.833. The fraction of sp³-hybridized carbons (Fsp3) is 0.727. The predicted molar refractivity (Wildman–Crippen MR) is 77.2 cm³/mol. The maximum Gasteiger partial charge on any atom is 0.473 e. The van der Waals surface area contributed by atoms with Gasteiger partial charge in [-0.1, -0.05) is 6.58 Å². The molecule has 0 bridgehead atoms. The van der Waals surface area contributed by atoms with Gasteiger partial charge < -0.3 is 25.5 Å². The number of carbonyl (C=O) groups is 1. The zero-order valence-corrected chi connectivity index (χ0v) is 13.7. The van der Waals surface area contributed by atoms with Gasteiger partial charge >= 0.3 is 13.8 Å². The number of carboxylic acids is 1. The molecule has 0 saturated heterocycles. The average Bonchev–Trinajstić information content (AvgIpc) is 2.58. The van der Waals surface area contributed by atoms with Crippen LogP contribution in [-0.4, -0.2) is 79.3 Å². The second-order valence-corrected chi connectivity index (χ2v) is 5.66. The summed E-state index contributed by atoms with van der Waals surface area (Å²) < 4.78 is 23.7. The van der Waals surface area contributed by atoms with Gasteiger partial charge in [-0.2, -0.15) is 0 Å². The second-order valence-electron chi connectivity index (χ2n) is 3.67. The molecule has 0 fully saturated rings. The lowest BCUT2D eigenvalue weighted by atomic mass is 9.93. The summed E-state index contributed by atoms with van der Waals surface area (Å²) in [5.74, 6) is -0.981. The molecule has 0 aliphatic carbocycles. The third kappa shape index (κ3) is 12.9. The van der Waals surface area contributed by atoms with Crippen LogP contribution in [0.2, 0.25) is 0 Å². The molecule has 134 valence electrons. The summed E-state index contributed by atoms with van der Waals surface area (Å²) in [5.41, 5.74) is -1.11. The summed E-state index contributed by atoms with van der Waals surface area (Å²) in [4.78, 5) is 9.25. The van der Waals surface area contributed by atoms with Crippen molar-refractivity contribution in [3.8, 4) is 0 Å². The minimum absolute atomic E-state index is 0.406. The first kappa shape index (κ1) is 26.1. The summed E-state index contributed by atoms with van der Waals surface area (Å²) in [7, 11) is 0.611. The molecule has 22 heavy (non-hydrogen) atoms. The van der Waals surface area contributed by atoms with Gasteiger partial charge in [-0.15, -0.1) is 0 Å². The Morgan fingerprint density at radius 2 is 1.23 bits per heavy atom. The standard InChI is InChI=1S/C5H12O4.C3H9O4P.C3H4O2/c6-1-5(2-7,3-8)4-9;1-5-8(4,6-2)7-3;1-2-3(4)5/h6-9H,1-4H2;1-3H3;2H,1H2,(H,4,5). The van der Waals surface area contributed by atoms with E-state index in [9.17, 15) is 9.36 Å². The maximum atomic E-state index is 10.7. The monoisotopic (exact) mass is 348 g/mol. The second kappa shape index (κ2) is 15.1. The molecular formula is C11H25O10P. The van der Waals surface area contributed by atoms with Crippen molar-refractivity contribution in [3.63, 3.8) is 0 Å². The van der Waals surface area contributed by atoms with Gasteiger partial charge in [0.15, 0.2) is 0 Å². The van der Waals surface area contributed by atoms with Gasteiger partial charge in [0.25, 0.3) is 0 Å². The summed E-state index contributed by atoms with van der Waals surface area (Å²) in [6.45, 7) is 1.34. The van der Waals surface area contributed by atoms with Crippen LogP contribution in [-0.2, 0) is 22.9 Å². The van der Waals surface area contributed by atoms with E-state index in [-0.39, 0.29) is 0 Å². The molecule has 0 atom stereocenters. The highest BCUT2D eigenvalue weighted by Gasteiger charge is 2.26. The van der Waals surface area contributed by atoms with E-state index < -0.39 is 45.6 Å². The Hall–Kier alpha value is -0.840. The largest absolute Gasteiger partial charge is 0.478 e. The zero-order chi connectivity index (χ0) is 18.2. The van der Waals surface area contributed by atoms with Crippen molar-refractivity contribution in [2.75, 3.05) is 47.8 Å². The molecule has 0 spiro atoms. The van der Waals surface area contributed by atoms with E-state index in [1.807, 2.05) is 0 Å². The predicted octanol–water partition coefficient (Wildman–Crippen LogP) is -0.767. The Bertz CT molecular complexity index is 292. The molecule has 0 unspecified atom stereocenters. The van der Waals surface area contributed by atoms with Crippen molar-refractivity contribution >= 4 is 13.8 Å². The summed E-state index contributed by atoms with van der Waals surface area (Å²) in [5, 5.41) is 41.6. The topological polar surface area (TPSA) is 163 Å². The van der Waals surface area contributed by atoms with E-state index in [1.54, 1.807) is 0 Å².